The third-order valence-electron chi connectivity index (χ3n) is 5.95. The molecule has 1 fully saturated rings. The summed E-state index contributed by atoms with van der Waals surface area (Å²) < 4.78 is 2.38. The molecule has 0 heterocycles. The standard InChI is InChI=1S/C18H33I/c1-8-14(16(2,3)4)12-18(7)15(13-19)10-9-11-17(18,5)6/h13-14H,8-12H2,1-7H3/b15-13-. The van der Waals surface area contributed by atoms with Gasteiger partial charge in [0.05, 0.1) is 0 Å². The van der Waals surface area contributed by atoms with Crippen LogP contribution in [-0.4, -0.2) is 0 Å². The maximum absolute atomic E-state index is 2.53. The maximum atomic E-state index is 2.53. The molecule has 1 rings (SSSR count). The van der Waals surface area contributed by atoms with Crippen molar-refractivity contribution in [1.29, 1.82) is 0 Å². The lowest BCUT2D eigenvalue weighted by molar-refractivity contribution is 0.0351. The van der Waals surface area contributed by atoms with Gasteiger partial charge in [0, 0.05) is 0 Å². The molecule has 19 heavy (non-hydrogen) atoms. The molecule has 0 aromatic rings. The van der Waals surface area contributed by atoms with Crippen LogP contribution in [0.5, 0.6) is 0 Å². The van der Waals surface area contributed by atoms with Crippen LogP contribution in [-0.2, 0) is 0 Å². The predicted molar refractivity (Wildman–Crippen MR) is 95.7 cm³/mol. The van der Waals surface area contributed by atoms with Gasteiger partial charge in [0.25, 0.3) is 0 Å². The lowest BCUT2D eigenvalue weighted by Gasteiger charge is -2.53. The Labute approximate surface area is 135 Å². The Morgan fingerprint density at radius 2 is 1.84 bits per heavy atom. The Hall–Kier alpha value is 0.470. The summed E-state index contributed by atoms with van der Waals surface area (Å²) in [5.41, 5.74) is 2.93. The molecule has 0 nitrogen and oxygen atoms in total. The number of allylic oxidation sites excluding steroid dienone is 1. The van der Waals surface area contributed by atoms with Gasteiger partial charge in [-0.15, -0.1) is 0 Å². The molecule has 0 aromatic carbocycles. The van der Waals surface area contributed by atoms with Crippen molar-refractivity contribution in [2.75, 3.05) is 0 Å². The number of hydrogen-bond donors (Lipinski definition) is 0. The SMILES string of the molecule is CCC(CC1(C)/C(=C\I)CCCC1(C)C)C(C)(C)C. The Bertz CT molecular complexity index is 332. The number of halogens is 1. The summed E-state index contributed by atoms with van der Waals surface area (Å²) in [6, 6.07) is 0. The second-order valence-corrected chi connectivity index (χ2v) is 9.00. The molecule has 1 aliphatic carbocycles. The van der Waals surface area contributed by atoms with Gasteiger partial charge < -0.3 is 0 Å². The van der Waals surface area contributed by atoms with Crippen molar-refractivity contribution in [2.45, 2.75) is 80.6 Å². The van der Waals surface area contributed by atoms with Gasteiger partial charge in [-0.2, -0.15) is 0 Å². The van der Waals surface area contributed by atoms with E-state index in [1.54, 1.807) is 5.57 Å². The van der Waals surface area contributed by atoms with Gasteiger partial charge in [0.1, 0.15) is 0 Å². The summed E-state index contributed by atoms with van der Waals surface area (Å²) in [7, 11) is 0. The Kier molecular flexibility index (Phi) is 5.60. The highest BCUT2D eigenvalue weighted by atomic mass is 127. The fraction of sp³-hybridized carbons (Fsp3) is 0.889. The first kappa shape index (κ1) is 17.5. The van der Waals surface area contributed by atoms with Gasteiger partial charge in [0.2, 0.25) is 0 Å². The lowest BCUT2D eigenvalue weighted by atomic mass is 9.52. The summed E-state index contributed by atoms with van der Waals surface area (Å²) in [6.45, 7) is 17.1. The lowest BCUT2D eigenvalue weighted by Crippen LogP contribution is -2.43. The predicted octanol–water partition coefficient (Wildman–Crippen LogP) is 6.98. The van der Waals surface area contributed by atoms with Crippen molar-refractivity contribution in [1.82, 2.24) is 0 Å². The van der Waals surface area contributed by atoms with E-state index in [2.05, 4.69) is 75.1 Å². The zero-order valence-corrected chi connectivity index (χ0v) is 16.2. The van der Waals surface area contributed by atoms with Crippen molar-refractivity contribution >= 4 is 22.6 Å². The normalized spacial score (nSPS) is 31.5. The Morgan fingerprint density at radius 1 is 1.26 bits per heavy atom. The average molecular weight is 376 g/mol. The molecule has 1 aliphatic rings. The average Bonchev–Trinajstić information content (AvgIpc) is 2.28. The molecule has 0 spiro atoms. The highest BCUT2D eigenvalue weighted by Gasteiger charge is 2.47. The summed E-state index contributed by atoms with van der Waals surface area (Å²) in [5.74, 6) is 0.807. The molecule has 0 aromatic heterocycles. The minimum absolute atomic E-state index is 0.375. The summed E-state index contributed by atoms with van der Waals surface area (Å²) in [5, 5.41) is 0. The quantitative estimate of drug-likeness (QED) is 0.466. The zero-order valence-electron chi connectivity index (χ0n) is 14.1. The molecule has 0 aliphatic heterocycles. The van der Waals surface area contributed by atoms with Crippen LogP contribution in [0.3, 0.4) is 0 Å². The van der Waals surface area contributed by atoms with E-state index < -0.39 is 0 Å². The third-order valence-corrected chi connectivity index (χ3v) is 6.71. The third kappa shape index (κ3) is 3.57. The van der Waals surface area contributed by atoms with Crippen LogP contribution in [0.4, 0.5) is 0 Å². The van der Waals surface area contributed by atoms with E-state index in [0.29, 0.717) is 16.2 Å². The van der Waals surface area contributed by atoms with Crippen molar-refractivity contribution in [3.8, 4) is 0 Å². The maximum Gasteiger partial charge on any atom is -0.00549 e. The molecule has 112 valence electrons. The zero-order chi connectivity index (χ0) is 14.9. The van der Waals surface area contributed by atoms with Gasteiger partial charge >= 0.3 is 0 Å². The fourth-order valence-corrected chi connectivity index (χ4v) is 4.84. The molecule has 0 saturated heterocycles. The Balaban J connectivity index is 3.10. The van der Waals surface area contributed by atoms with Crippen molar-refractivity contribution in [2.24, 2.45) is 22.2 Å². The van der Waals surface area contributed by atoms with E-state index in [1.165, 1.54) is 32.1 Å². The van der Waals surface area contributed by atoms with Crippen LogP contribution in [0.2, 0.25) is 0 Å². The van der Waals surface area contributed by atoms with E-state index in [-0.39, 0.29) is 0 Å². The van der Waals surface area contributed by atoms with Crippen LogP contribution in [0.25, 0.3) is 0 Å². The first-order chi connectivity index (χ1) is 8.58. The minimum Gasteiger partial charge on any atom is -0.0651 e. The van der Waals surface area contributed by atoms with E-state index in [4.69, 9.17) is 0 Å². The largest absolute Gasteiger partial charge is 0.0651 e. The molecule has 0 radical (unpaired) electrons. The van der Waals surface area contributed by atoms with Gasteiger partial charge in [-0.25, -0.2) is 0 Å². The molecule has 2 atom stereocenters. The molecular formula is C18H33I. The van der Waals surface area contributed by atoms with E-state index in [0.717, 1.165) is 5.92 Å². The summed E-state index contributed by atoms with van der Waals surface area (Å²) >= 11 is 2.47. The second-order valence-electron chi connectivity index (χ2n) is 8.38. The van der Waals surface area contributed by atoms with Crippen LogP contribution in [0.15, 0.2) is 9.66 Å². The molecule has 0 bridgehead atoms. The van der Waals surface area contributed by atoms with Gasteiger partial charge in [-0.1, -0.05) is 83.1 Å². The minimum atomic E-state index is 0.375. The van der Waals surface area contributed by atoms with Crippen molar-refractivity contribution < 1.29 is 0 Å². The molecule has 2 unspecified atom stereocenters. The topological polar surface area (TPSA) is 0 Å². The van der Waals surface area contributed by atoms with Crippen molar-refractivity contribution in [3.05, 3.63) is 9.66 Å². The molecule has 1 heteroatoms. The first-order valence-corrected chi connectivity index (χ1v) is 9.13. The summed E-state index contributed by atoms with van der Waals surface area (Å²) in [6.07, 6.45) is 6.68. The molecule has 0 N–H and O–H groups in total. The number of rotatable bonds is 3. The number of hydrogen-bond acceptors (Lipinski definition) is 0. The van der Waals surface area contributed by atoms with Gasteiger partial charge in [-0.05, 0) is 51.9 Å². The molecule has 0 amide bonds. The van der Waals surface area contributed by atoms with Crippen LogP contribution < -0.4 is 0 Å². The molecule has 1 saturated carbocycles. The highest BCUT2D eigenvalue weighted by Crippen LogP contribution is 2.58. The van der Waals surface area contributed by atoms with E-state index in [9.17, 15) is 0 Å². The molecular weight excluding hydrogens is 343 g/mol. The van der Waals surface area contributed by atoms with Crippen LogP contribution >= 0.6 is 22.6 Å². The second kappa shape index (κ2) is 6.07. The smallest absolute Gasteiger partial charge is 0.00549 e. The van der Waals surface area contributed by atoms with Gasteiger partial charge in [-0.3, -0.25) is 0 Å². The Morgan fingerprint density at radius 3 is 2.26 bits per heavy atom. The van der Waals surface area contributed by atoms with Crippen LogP contribution in [0, 0.1) is 22.2 Å². The summed E-state index contributed by atoms with van der Waals surface area (Å²) in [4.78, 5) is 0. The first-order valence-electron chi connectivity index (χ1n) is 7.88. The van der Waals surface area contributed by atoms with Crippen molar-refractivity contribution in [3.63, 3.8) is 0 Å². The monoisotopic (exact) mass is 376 g/mol. The highest BCUT2D eigenvalue weighted by molar-refractivity contribution is 14.1. The van der Waals surface area contributed by atoms with E-state index >= 15 is 0 Å². The van der Waals surface area contributed by atoms with Gasteiger partial charge in [0.15, 0.2) is 0 Å². The van der Waals surface area contributed by atoms with Crippen LogP contribution in [0.1, 0.15) is 80.6 Å². The van der Waals surface area contributed by atoms with E-state index in [1.807, 2.05) is 0 Å². The fourth-order valence-electron chi connectivity index (χ4n) is 3.85.